The van der Waals surface area contributed by atoms with Crippen molar-refractivity contribution >= 4 is 22.3 Å². The molecule has 0 N–H and O–H groups in total. The van der Waals surface area contributed by atoms with Crippen LogP contribution in [0.2, 0.25) is 0 Å². The van der Waals surface area contributed by atoms with Gasteiger partial charge in [0.05, 0.1) is 5.95 Å². The Kier molecular flexibility index (Phi) is 8.99. The fourth-order valence-electron chi connectivity index (χ4n) is 4.64. The van der Waals surface area contributed by atoms with Gasteiger partial charge < -0.3 is 9.84 Å². The van der Waals surface area contributed by atoms with E-state index >= 15 is 0 Å². The number of rotatable bonds is 5. The maximum absolute atomic E-state index is 10.7. The van der Waals surface area contributed by atoms with Crippen LogP contribution >= 0.6 is 0 Å². The molecular formula is C35H27CoO2-. The van der Waals surface area contributed by atoms with Gasteiger partial charge >= 0.3 is 0 Å². The molecule has 0 spiro atoms. The van der Waals surface area contributed by atoms with Gasteiger partial charge in [0.2, 0.25) is 0 Å². The minimum Gasteiger partial charge on any atom is -0.616 e. The molecule has 0 heterocycles. The Bertz CT molecular complexity index is 1300. The first-order valence-electron chi connectivity index (χ1n) is 12.3. The maximum Gasteiger partial charge on any atom is 0.0584 e. The van der Waals surface area contributed by atoms with Crippen LogP contribution in [0.15, 0.2) is 157 Å². The summed E-state index contributed by atoms with van der Waals surface area (Å²) < 4.78 is 4.46. The molecule has 0 saturated heterocycles. The van der Waals surface area contributed by atoms with Gasteiger partial charge in [0.1, 0.15) is 0 Å². The van der Waals surface area contributed by atoms with E-state index in [1.807, 2.05) is 0 Å². The van der Waals surface area contributed by atoms with Crippen LogP contribution in [0.4, 0.5) is 0 Å². The molecule has 0 bridgehead atoms. The molecule has 0 aromatic heterocycles. The minimum atomic E-state index is -0.278. The van der Waals surface area contributed by atoms with E-state index < -0.39 is 0 Å². The second-order valence-corrected chi connectivity index (χ2v) is 8.63. The molecule has 189 valence electrons. The van der Waals surface area contributed by atoms with Crippen LogP contribution in [0, 0.1) is 0 Å². The van der Waals surface area contributed by atoms with Gasteiger partial charge in [-0.05, 0) is 57.2 Å². The third-order valence-electron chi connectivity index (χ3n) is 6.33. The van der Waals surface area contributed by atoms with Gasteiger partial charge in [-0.1, -0.05) is 146 Å². The monoisotopic (exact) mass is 538 g/mol. The zero-order valence-electron chi connectivity index (χ0n) is 21.0. The van der Waals surface area contributed by atoms with Crippen molar-refractivity contribution in [3.63, 3.8) is 0 Å². The first kappa shape index (κ1) is 26.7. The molecule has 4 aromatic carbocycles. The zero-order chi connectivity index (χ0) is 25.5. The Balaban J connectivity index is 0.000000288. The second-order valence-electron chi connectivity index (χ2n) is 8.63. The fraction of sp³-hybridized carbons (Fsp3) is 0.0286. The molecule has 0 amide bonds. The van der Waals surface area contributed by atoms with Crippen molar-refractivity contribution in [2.24, 2.45) is 0 Å². The molecule has 2 nitrogen and oxygen atoms in total. The minimum absolute atomic E-state index is 0. The number of methoxy groups -OCH3 is 1. The Morgan fingerprint density at radius 3 is 0.974 bits per heavy atom. The summed E-state index contributed by atoms with van der Waals surface area (Å²) in [5, 5.41) is 10.7. The van der Waals surface area contributed by atoms with E-state index in [0.717, 1.165) is 0 Å². The summed E-state index contributed by atoms with van der Waals surface area (Å²) in [5.41, 5.74) is 11.0. The number of ether oxygens (including phenoxy) is 1. The molecule has 38 heavy (non-hydrogen) atoms. The molecule has 3 heteroatoms. The van der Waals surface area contributed by atoms with E-state index in [-0.39, 0.29) is 22.7 Å². The van der Waals surface area contributed by atoms with Crippen LogP contribution in [0.3, 0.4) is 0 Å². The predicted octanol–water partition coefficient (Wildman–Crippen LogP) is 7.55. The van der Waals surface area contributed by atoms with E-state index in [9.17, 15) is 5.11 Å². The molecule has 2 aliphatic carbocycles. The van der Waals surface area contributed by atoms with Crippen LogP contribution < -0.4 is 5.11 Å². The topological polar surface area (TPSA) is 32.3 Å². The van der Waals surface area contributed by atoms with Crippen molar-refractivity contribution in [3.8, 4) is 0 Å². The first-order valence-corrected chi connectivity index (χ1v) is 12.3. The normalized spacial score (nSPS) is 13.3. The summed E-state index contributed by atoms with van der Waals surface area (Å²) in [7, 11) is 1.37. The molecule has 0 saturated carbocycles. The summed E-state index contributed by atoms with van der Waals surface area (Å²) in [6, 6.07) is 43.0. The molecule has 4 aromatic rings. The Labute approximate surface area is 234 Å². The van der Waals surface area contributed by atoms with Crippen LogP contribution in [0.25, 0.3) is 22.3 Å². The molecule has 0 aliphatic heterocycles. The average molecular weight is 539 g/mol. The van der Waals surface area contributed by atoms with E-state index in [4.69, 9.17) is 0 Å². The van der Waals surface area contributed by atoms with E-state index in [0.29, 0.717) is 5.57 Å². The predicted molar refractivity (Wildman–Crippen MR) is 152 cm³/mol. The number of hydrogen-bond acceptors (Lipinski definition) is 2. The van der Waals surface area contributed by atoms with Gasteiger partial charge in [0.15, 0.2) is 0 Å². The van der Waals surface area contributed by atoms with Crippen LogP contribution in [0.1, 0.15) is 22.3 Å². The summed E-state index contributed by atoms with van der Waals surface area (Å²) in [5.74, 6) is -0.278. The van der Waals surface area contributed by atoms with Gasteiger partial charge in [0, 0.05) is 16.8 Å². The van der Waals surface area contributed by atoms with E-state index in [2.05, 4.69) is 126 Å². The van der Waals surface area contributed by atoms with E-state index in [1.54, 1.807) is 24.3 Å². The fourth-order valence-corrected chi connectivity index (χ4v) is 4.64. The summed E-state index contributed by atoms with van der Waals surface area (Å²) in [6.45, 7) is 0. The zero-order valence-corrected chi connectivity index (χ0v) is 22.0. The van der Waals surface area contributed by atoms with Crippen molar-refractivity contribution in [2.45, 2.75) is 0 Å². The molecular weight excluding hydrogens is 511 g/mol. The Morgan fingerprint density at radius 1 is 0.474 bits per heavy atom. The molecule has 0 unspecified atom stereocenters. The third kappa shape index (κ3) is 5.65. The average Bonchev–Trinajstić information content (AvgIpc) is 3.50. The van der Waals surface area contributed by atoms with Gasteiger partial charge in [0.25, 0.3) is 0 Å². The van der Waals surface area contributed by atoms with Crippen molar-refractivity contribution in [3.05, 3.63) is 179 Å². The van der Waals surface area contributed by atoms with Crippen LogP contribution in [-0.4, -0.2) is 7.11 Å². The summed E-state index contributed by atoms with van der Waals surface area (Å²) >= 11 is 0. The Morgan fingerprint density at radius 2 is 0.737 bits per heavy atom. The van der Waals surface area contributed by atoms with Crippen LogP contribution in [-0.2, 0) is 21.5 Å². The maximum atomic E-state index is 10.7. The standard InChI is InChI=1S/C28H20.C7H8O2.Co/c1-5-13-21(14-6-1)25-26(22-15-7-2-8-16-22)28(24-19-11-4-12-20-24)27(25)23-17-9-3-10-18-23;1-9-7(8)6-4-2-3-5-6;/h1-20H;2-5,8H,1H3;/p-1. The summed E-state index contributed by atoms with van der Waals surface area (Å²) in [4.78, 5) is 0. The molecule has 2 aliphatic rings. The first-order chi connectivity index (χ1) is 18.3. The third-order valence-corrected chi connectivity index (χ3v) is 6.33. The molecule has 0 fully saturated rings. The molecule has 1 radical (unpaired) electrons. The van der Waals surface area contributed by atoms with Crippen molar-refractivity contribution in [2.75, 3.05) is 7.11 Å². The molecule has 0 atom stereocenters. The van der Waals surface area contributed by atoms with Gasteiger partial charge in [-0.2, -0.15) is 0 Å². The van der Waals surface area contributed by atoms with E-state index in [1.165, 1.54) is 51.7 Å². The van der Waals surface area contributed by atoms with Crippen LogP contribution in [0.5, 0.6) is 0 Å². The number of allylic oxidation sites excluding steroid dienone is 9. The quantitative estimate of drug-likeness (QED) is 0.246. The number of hydrogen-bond donors (Lipinski definition) is 0. The van der Waals surface area contributed by atoms with Gasteiger partial charge in [-0.15, -0.1) is 0 Å². The smallest absolute Gasteiger partial charge is 0.0584 e. The number of benzene rings is 4. The SMILES string of the molecule is COC([O-])=C1C=CC=C1.[Co].c1ccc(C2=C(c3ccccc3)C(c3ccccc3)=C2c2ccccc2)cc1. The van der Waals surface area contributed by atoms with Crippen molar-refractivity contribution in [1.29, 1.82) is 0 Å². The largest absolute Gasteiger partial charge is 0.616 e. The molecule has 6 rings (SSSR count). The van der Waals surface area contributed by atoms with Gasteiger partial charge in [-0.3, -0.25) is 0 Å². The van der Waals surface area contributed by atoms with Crippen molar-refractivity contribution < 1.29 is 26.6 Å². The summed E-state index contributed by atoms with van der Waals surface area (Å²) in [6.07, 6.45) is 7.02. The van der Waals surface area contributed by atoms with Crippen molar-refractivity contribution in [1.82, 2.24) is 0 Å². The second kappa shape index (κ2) is 12.8. The van der Waals surface area contributed by atoms with Gasteiger partial charge in [-0.25, -0.2) is 0 Å². The Hall–Kier alpha value is -4.31.